The van der Waals surface area contributed by atoms with Crippen molar-refractivity contribution in [3.05, 3.63) is 52.5 Å². The van der Waals surface area contributed by atoms with Crippen molar-refractivity contribution in [1.82, 2.24) is 9.88 Å². The van der Waals surface area contributed by atoms with Gasteiger partial charge in [0.25, 0.3) is 5.91 Å². The first-order chi connectivity index (χ1) is 16.5. The predicted octanol–water partition coefficient (Wildman–Crippen LogP) is 6.23. The smallest absolute Gasteiger partial charge is 0.260 e. The second-order valence-corrected chi connectivity index (χ2v) is 10.0. The first-order valence-corrected chi connectivity index (χ1v) is 13.2. The molecule has 1 saturated heterocycles. The Morgan fingerprint density at radius 1 is 1.23 bits per heavy atom. The van der Waals surface area contributed by atoms with Crippen molar-refractivity contribution in [2.45, 2.75) is 33.1 Å². The van der Waals surface area contributed by atoms with Gasteiger partial charge in [0.05, 0.1) is 30.0 Å². The Labute approximate surface area is 222 Å². The molecule has 0 saturated carbocycles. The third-order valence-electron chi connectivity index (χ3n) is 5.96. The number of nitrogens with zero attached hydrogens (tertiary/aromatic N) is 3. The lowest BCUT2D eigenvalue weighted by atomic mass is 10.2. The maximum Gasteiger partial charge on any atom is 0.260 e. The molecule has 190 valence electrons. The zero-order valence-electron chi connectivity index (χ0n) is 20.3. The first kappa shape index (κ1) is 27.7. The highest BCUT2D eigenvalue weighted by molar-refractivity contribution is 7.22. The normalized spacial score (nSPS) is 14.0. The molecule has 1 aromatic heterocycles. The van der Waals surface area contributed by atoms with Crippen LogP contribution in [-0.2, 0) is 4.74 Å². The molecule has 1 aliphatic rings. The average molecular weight is 539 g/mol. The number of aromatic nitrogens is 1. The number of benzene rings is 2. The largest absolute Gasteiger partial charge is 0.494 e. The molecule has 1 amide bonds. The van der Waals surface area contributed by atoms with E-state index in [1.165, 1.54) is 11.3 Å². The Bertz CT molecular complexity index is 1120. The molecule has 9 heteroatoms. The van der Waals surface area contributed by atoms with Gasteiger partial charge in [0.15, 0.2) is 5.13 Å². The van der Waals surface area contributed by atoms with Crippen molar-refractivity contribution >= 4 is 56.6 Å². The topological polar surface area (TPSA) is 54.9 Å². The van der Waals surface area contributed by atoms with Gasteiger partial charge < -0.3 is 9.47 Å². The van der Waals surface area contributed by atoms with E-state index in [0.717, 1.165) is 73.6 Å². The number of halogens is 2. The number of hydrogen-bond donors (Lipinski definition) is 0. The number of morpholine rings is 1. The van der Waals surface area contributed by atoms with Crippen LogP contribution in [0.4, 0.5) is 5.13 Å². The molecule has 0 radical (unpaired) electrons. The molecule has 0 N–H and O–H groups in total. The summed E-state index contributed by atoms with van der Waals surface area (Å²) < 4.78 is 12.4. The van der Waals surface area contributed by atoms with Crippen molar-refractivity contribution in [2.75, 3.05) is 50.9 Å². The molecular formula is C26H33Cl2N3O3S. The number of carbonyl (C=O) groups is 1. The van der Waals surface area contributed by atoms with E-state index < -0.39 is 0 Å². The summed E-state index contributed by atoms with van der Waals surface area (Å²) in [4.78, 5) is 22.7. The monoisotopic (exact) mass is 537 g/mol. The van der Waals surface area contributed by atoms with E-state index in [2.05, 4.69) is 11.8 Å². The Morgan fingerprint density at radius 3 is 2.80 bits per heavy atom. The summed E-state index contributed by atoms with van der Waals surface area (Å²) in [5.74, 6) is 0.650. The minimum absolute atomic E-state index is 0. The van der Waals surface area contributed by atoms with Gasteiger partial charge in [0, 0.05) is 36.8 Å². The summed E-state index contributed by atoms with van der Waals surface area (Å²) in [6.45, 7) is 9.33. The summed E-state index contributed by atoms with van der Waals surface area (Å²) in [6, 6.07) is 11.3. The number of amides is 1. The molecule has 1 aliphatic heterocycles. The second kappa shape index (κ2) is 13.4. The van der Waals surface area contributed by atoms with Crippen molar-refractivity contribution < 1.29 is 14.3 Å². The Balaban J connectivity index is 0.00000342. The van der Waals surface area contributed by atoms with Gasteiger partial charge in [-0.15, -0.1) is 12.4 Å². The standard InChI is InChI=1S/C26H32ClN3O3S.ClH/c1-3-4-5-13-33-22-8-6-7-20(17-22)25(31)30(10-9-29-11-14-32-15-12-29)26-28-24-19(2)16-21(27)18-23(24)34-26;/h6-8,16-18H,3-5,9-15H2,1-2H3;1H. The van der Waals surface area contributed by atoms with Crippen LogP contribution in [0.3, 0.4) is 0 Å². The second-order valence-electron chi connectivity index (χ2n) is 8.56. The first-order valence-electron chi connectivity index (χ1n) is 12.0. The predicted molar refractivity (Wildman–Crippen MR) is 147 cm³/mol. The molecule has 0 unspecified atom stereocenters. The van der Waals surface area contributed by atoms with Crippen LogP contribution in [0.2, 0.25) is 5.02 Å². The minimum Gasteiger partial charge on any atom is -0.494 e. The maximum atomic E-state index is 13.7. The number of rotatable bonds is 10. The molecule has 6 nitrogen and oxygen atoms in total. The highest BCUT2D eigenvalue weighted by Crippen LogP contribution is 2.34. The summed E-state index contributed by atoms with van der Waals surface area (Å²) >= 11 is 7.78. The fourth-order valence-corrected chi connectivity index (χ4v) is 5.47. The van der Waals surface area contributed by atoms with Gasteiger partial charge >= 0.3 is 0 Å². The van der Waals surface area contributed by atoms with E-state index in [1.807, 2.05) is 43.3 Å². The number of unbranched alkanes of at least 4 members (excludes halogenated alkanes) is 2. The molecular weight excluding hydrogens is 505 g/mol. The van der Waals surface area contributed by atoms with E-state index in [-0.39, 0.29) is 18.3 Å². The third-order valence-corrected chi connectivity index (χ3v) is 7.20. The fourth-order valence-electron chi connectivity index (χ4n) is 4.03. The number of fused-ring (bicyclic) bond motifs is 1. The molecule has 35 heavy (non-hydrogen) atoms. The lowest BCUT2D eigenvalue weighted by Crippen LogP contribution is -2.43. The van der Waals surface area contributed by atoms with Gasteiger partial charge in [-0.2, -0.15) is 0 Å². The van der Waals surface area contributed by atoms with Gasteiger partial charge in [0.1, 0.15) is 5.75 Å². The molecule has 0 spiro atoms. The van der Waals surface area contributed by atoms with Crippen molar-refractivity contribution in [3.63, 3.8) is 0 Å². The quantitative estimate of drug-likeness (QED) is 0.287. The summed E-state index contributed by atoms with van der Waals surface area (Å²) in [5.41, 5.74) is 2.50. The molecule has 3 aromatic rings. The van der Waals surface area contributed by atoms with Crippen LogP contribution in [-0.4, -0.2) is 61.8 Å². The molecule has 2 aromatic carbocycles. The molecule has 0 aliphatic carbocycles. The maximum absolute atomic E-state index is 13.7. The average Bonchev–Trinajstić information content (AvgIpc) is 3.27. The molecule has 2 heterocycles. The minimum atomic E-state index is -0.0740. The van der Waals surface area contributed by atoms with E-state index in [4.69, 9.17) is 26.1 Å². The molecule has 0 atom stereocenters. The zero-order valence-corrected chi connectivity index (χ0v) is 22.7. The van der Waals surface area contributed by atoms with Crippen LogP contribution in [0.1, 0.15) is 42.1 Å². The van der Waals surface area contributed by atoms with Crippen LogP contribution in [0.15, 0.2) is 36.4 Å². The van der Waals surface area contributed by atoms with Crippen molar-refractivity contribution in [2.24, 2.45) is 0 Å². The molecule has 0 bridgehead atoms. The van der Waals surface area contributed by atoms with Crippen molar-refractivity contribution in [1.29, 1.82) is 0 Å². The van der Waals surface area contributed by atoms with Gasteiger partial charge in [-0.1, -0.05) is 48.8 Å². The lowest BCUT2D eigenvalue weighted by Gasteiger charge is -2.29. The number of carbonyl (C=O) groups excluding carboxylic acids is 1. The third kappa shape index (κ3) is 7.30. The van der Waals surface area contributed by atoms with E-state index in [1.54, 1.807) is 4.90 Å². The summed E-state index contributed by atoms with van der Waals surface area (Å²) in [6.07, 6.45) is 3.29. The molecule has 4 rings (SSSR count). The number of hydrogen-bond acceptors (Lipinski definition) is 6. The van der Waals surface area contributed by atoms with Crippen LogP contribution >= 0.6 is 35.3 Å². The summed E-state index contributed by atoms with van der Waals surface area (Å²) in [7, 11) is 0. The van der Waals surface area contributed by atoms with E-state index in [0.29, 0.717) is 28.9 Å². The van der Waals surface area contributed by atoms with Crippen LogP contribution in [0.5, 0.6) is 5.75 Å². The number of thiazole rings is 1. The SMILES string of the molecule is CCCCCOc1cccc(C(=O)N(CCN2CCOCC2)c2nc3c(C)cc(Cl)cc3s2)c1.Cl. The van der Waals surface area contributed by atoms with Crippen molar-refractivity contribution in [3.8, 4) is 5.75 Å². The van der Waals surface area contributed by atoms with Crippen LogP contribution in [0.25, 0.3) is 10.2 Å². The highest BCUT2D eigenvalue weighted by atomic mass is 35.5. The van der Waals surface area contributed by atoms with E-state index >= 15 is 0 Å². The number of ether oxygens (including phenoxy) is 2. The van der Waals surface area contributed by atoms with Gasteiger partial charge in [0.2, 0.25) is 0 Å². The Kier molecular flexibility index (Phi) is 10.6. The van der Waals surface area contributed by atoms with E-state index in [9.17, 15) is 4.79 Å². The number of anilines is 1. The van der Waals surface area contributed by atoms with Gasteiger partial charge in [-0.05, 0) is 49.2 Å². The zero-order chi connectivity index (χ0) is 23.9. The summed E-state index contributed by atoms with van der Waals surface area (Å²) in [5, 5.41) is 1.37. The lowest BCUT2D eigenvalue weighted by molar-refractivity contribution is 0.0391. The van der Waals surface area contributed by atoms with Gasteiger partial charge in [-0.25, -0.2) is 4.98 Å². The highest BCUT2D eigenvalue weighted by Gasteiger charge is 2.24. The molecule has 1 fully saturated rings. The van der Waals surface area contributed by atoms with Crippen LogP contribution in [0, 0.1) is 6.92 Å². The fraction of sp³-hybridized carbons (Fsp3) is 0.462. The Morgan fingerprint density at radius 2 is 2.03 bits per heavy atom. The number of aryl methyl sites for hydroxylation is 1. The Hall–Kier alpha value is -1.90. The van der Waals surface area contributed by atoms with Crippen LogP contribution < -0.4 is 9.64 Å². The van der Waals surface area contributed by atoms with Gasteiger partial charge in [-0.3, -0.25) is 14.6 Å².